The van der Waals surface area contributed by atoms with Crippen molar-refractivity contribution in [3.05, 3.63) is 78.2 Å². The molecule has 3 rings (SSSR count). The molecule has 0 unspecified atom stereocenters. The maximum Gasteiger partial charge on any atom is 0.316 e. The fraction of sp³-hybridized carbons (Fsp3) is 0.182. The third-order valence-electron chi connectivity index (χ3n) is 3.63. The maximum atomic E-state index is 8.40. The molecule has 0 aliphatic heterocycles. The van der Waals surface area contributed by atoms with Gasteiger partial charge in [0.15, 0.2) is 0 Å². The van der Waals surface area contributed by atoms with E-state index < -0.39 is 0 Å². The molecule has 3 aromatic rings. The van der Waals surface area contributed by atoms with E-state index in [1.807, 2.05) is 18.3 Å². The summed E-state index contributed by atoms with van der Waals surface area (Å²) in [6.45, 7) is 5.15. The van der Waals surface area contributed by atoms with Crippen molar-refractivity contribution in [3.63, 3.8) is 0 Å². The predicted octanol–water partition coefficient (Wildman–Crippen LogP) is 5.27. The Morgan fingerprint density at radius 2 is 1.88 bits per heavy atom. The van der Waals surface area contributed by atoms with Gasteiger partial charge < -0.3 is 10.1 Å². The van der Waals surface area contributed by atoms with Crippen LogP contribution in [-0.4, -0.2) is 20.7 Å². The van der Waals surface area contributed by atoms with Crippen molar-refractivity contribution < 1.29 is 30.0 Å². The summed E-state index contributed by atoms with van der Waals surface area (Å²) in [7, 11) is 0. The van der Waals surface area contributed by atoms with Crippen molar-refractivity contribution in [1.82, 2.24) is 4.98 Å². The fourth-order valence-electron chi connectivity index (χ4n) is 2.46. The molecular weight excluding hydrogens is 502 g/mol. The third kappa shape index (κ3) is 6.21. The summed E-state index contributed by atoms with van der Waals surface area (Å²) in [4.78, 5) is 12.9. The van der Waals surface area contributed by atoms with Gasteiger partial charge in [0, 0.05) is 26.3 Å². The van der Waals surface area contributed by atoms with E-state index in [4.69, 9.17) is 9.90 Å². The zero-order chi connectivity index (χ0) is 18.2. The Morgan fingerprint density at radius 1 is 1.15 bits per heavy atom. The largest absolute Gasteiger partial charge is 0.512 e. The first-order chi connectivity index (χ1) is 12.0. The van der Waals surface area contributed by atoms with E-state index in [0.717, 1.165) is 17.7 Å². The van der Waals surface area contributed by atoms with Crippen molar-refractivity contribution in [2.24, 2.45) is 0 Å². The topological polar surface area (TPSA) is 54.5 Å². The van der Waals surface area contributed by atoms with E-state index in [1.54, 1.807) is 0 Å². The number of benzene rings is 2. The van der Waals surface area contributed by atoms with Gasteiger partial charge in [-0.1, -0.05) is 37.6 Å². The van der Waals surface area contributed by atoms with E-state index in [-0.39, 0.29) is 31.6 Å². The monoisotopic (exact) mass is 526 g/mol. The normalized spacial score (nSPS) is 10.5. The molecule has 1 radical (unpaired) electrons. The zero-order valence-electron chi connectivity index (χ0n) is 15.2. The van der Waals surface area contributed by atoms with Gasteiger partial charge in [-0.3, -0.25) is 4.79 Å². The van der Waals surface area contributed by atoms with Crippen molar-refractivity contribution in [1.29, 1.82) is 0 Å². The molecule has 0 aliphatic carbocycles. The van der Waals surface area contributed by atoms with Gasteiger partial charge >= 0.3 is 5.78 Å². The number of fused-ring (bicyclic) bond motifs is 1. The number of aliphatic hydroxyl groups excluding tert-OH is 1. The van der Waals surface area contributed by atoms with Crippen molar-refractivity contribution in [2.45, 2.75) is 27.2 Å². The minimum atomic E-state index is 0. The number of rotatable bonds is 3. The van der Waals surface area contributed by atoms with Crippen LogP contribution in [0.25, 0.3) is 22.0 Å². The molecule has 0 amide bonds. The van der Waals surface area contributed by atoms with Crippen LogP contribution < -0.4 is 0 Å². The molecule has 0 atom stereocenters. The molecular formula is C22H23IrNO2. The number of carbonyl (C=O) groups excluding carboxylic acids is 1. The fourth-order valence-corrected chi connectivity index (χ4v) is 2.46. The molecule has 1 heterocycles. The molecule has 3 nitrogen and oxygen atoms in total. The summed E-state index contributed by atoms with van der Waals surface area (Å²) in [6, 6.07) is 20.0. The van der Waals surface area contributed by atoms with Crippen LogP contribution in [0.1, 0.15) is 26.3 Å². The van der Waals surface area contributed by atoms with Gasteiger partial charge in [0.2, 0.25) is 0 Å². The summed E-state index contributed by atoms with van der Waals surface area (Å²) in [5, 5.41) is 10.8. The van der Waals surface area contributed by atoms with Crippen molar-refractivity contribution in [3.8, 4) is 11.3 Å². The van der Waals surface area contributed by atoms with Gasteiger partial charge in [-0.2, -0.15) is 0 Å². The molecule has 1 aromatic heterocycles. The smallest absolute Gasteiger partial charge is 0.316 e. The summed E-state index contributed by atoms with van der Waals surface area (Å²) in [6.07, 6.45) is 4.18. The number of pyridine rings is 1. The van der Waals surface area contributed by atoms with Crippen LogP contribution in [-0.2, 0) is 26.5 Å². The third-order valence-corrected chi connectivity index (χ3v) is 3.63. The Morgan fingerprint density at radius 3 is 2.42 bits per heavy atom. The molecule has 2 aromatic carbocycles. The first-order valence-corrected chi connectivity index (χ1v) is 8.25. The predicted molar refractivity (Wildman–Crippen MR) is 104 cm³/mol. The zero-order valence-corrected chi connectivity index (χ0v) is 17.6. The van der Waals surface area contributed by atoms with Crippen LogP contribution in [0.4, 0.5) is 0 Å². The molecule has 137 valence electrons. The number of hydrogen-bond donors (Lipinski definition) is 1. The summed E-state index contributed by atoms with van der Waals surface area (Å²) < 4.78 is 0. The minimum absolute atomic E-state index is 0. The van der Waals surface area contributed by atoms with Gasteiger partial charge in [-0.25, -0.2) is 0 Å². The second-order valence-corrected chi connectivity index (χ2v) is 5.77. The number of aliphatic hydroxyl groups is 1. The Balaban J connectivity index is 0.000000366. The Kier molecular flexibility index (Phi) is 8.91. The van der Waals surface area contributed by atoms with Crippen molar-refractivity contribution >= 4 is 16.6 Å². The van der Waals surface area contributed by atoms with Gasteiger partial charge in [0.1, 0.15) is 0 Å². The van der Waals surface area contributed by atoms with Gasteiger partial charge in [-0.05, 0) is 29.5 Å². The van der Waals surface area contributed by atoms with E-state index in [9.17, 15) is 0 Å². The van der Waals surface area contributed by atoms with Gasteiger partial charge in [0.05, 0.1) is 18.8 Å². The number of aromatic nitrogens is 1. The van der Waals surface area contributed by atoms with Crippen LogP contribution in [0.5, 0.6) is 0 Å². The van der Waals surface area contributed by atoms with Crippen LogP contribution in [0.3, 0.4) is 0 Å². The SMILES string of the molecule is CC(=[OH+])/C=C(/C)O.CCc1c[c-]c(-c2nccc3ccccc23)cc1.[Ir]. The first-order valence-electron chi connectivity index (χ1n) is 8.25. The average Bonchev–Trinajstić information content (AvgIpc) is 2.61. The molecule has 0 saturated carbocycles. The number of aryl methyl sites for hydroxylation is 1. The van der Waals surface area contributed by atoms with Crippen LogP contribution in [0, 0.1) is 6.07 Å². The number of ketones is 1. The first kappa shape index (κ1) is 21.8. The van der Waals surface area contributed by atoms with Crippen molar-refractivity contribution in [2.75, 3.05) is 0 Å². The molecule has 4 heteroatoms. The summed E-state index contributed by atoms with van der Waals surface area (Å²) >= 11 is 0. The Hall–Kier alpha value is -2.29. The molecule has 0 bridgehead atoms. The summed E-state index contributed by atoms with van der Waals surface area (Å²) in [5.74, 6) is 0.250. The van der Waals surface area contributed by atoms with Gasteiger partial charge in [-0.15, -0.1) is 35.4 Å². The standard InChI is InChI=1S/C17H14N.C5H8O2.Ir/c1-2-13-7-9-15(10-8-13)17-16-6-4-3-5-14(16)11-12-18-17;1-4(6)3-5(2)7;/h3-9,11-12H,2H2,1H3;3,6H,1-2H3;/q-1;;/p+1/b;4-3-;. The quantitative estimate of drug-likeness (QED) is 0.219. The van der Waals surface area contributed by atoms with E-state index in [1.165, 1.54) is 36.3 Å². The number of hydrogen-bond acceptors (Lipinski definition) is 2. The minimum Gasteiger partial charge on any atom is -0.512 e. The molecule has 26 heavy (non-hydrogen) atoms. The Labute approximate surface area is 168 Å². The number of nitrogens with zero attached hydrogens (tertiary/aromatic N) is 1. The van der Waals surface area contributed by atoms with Crippen LogP contribution in [0.15, 0.2) is 66.6 Å². The van der Waals surface area contributed by atoms with E-state index in [2.05, 4.69) is 54.4 Å². The maximum absolute atomic E-state index is 8.40. The van der Waals surface area contributed by atoms with E-state index >= 15 is 0 Å². The Bertz CT molecular complexity index is 877. The van der Waals surface area contributed by atoms with Crippen LogP contribution in [0.2, 0.25) is 0 Å². The second kappa shape index (κ2) is 10.6. The number of allylic oxidation sites excluding steroid dienone is 2. The van der Waals surface area contributed by atoms with Crippen LogP contribution >= 0.6 is 0 Å². The summed E-state index contributed by atoms with van der Waals surface area (Å²) in [5.41, 5.74) is 3.37. The molecule has 0 fully saturated rings. The molecule has 0 aliphatic rings. The van der Waals surface area contributed by atoms with Gasteiger partial charge in [0.25, 0.3) is 0 Å². The molecule has 2 N–H and O–H groups in total. The molecule has 0 spiro atoms. The average molecular weight is 526 g/mol. The second-order valence-electron chi connectivity index (χ2n) is 5.77. The molecule has 0 saturated heterocycles. The van der Waals surface area contributed by atoms with E-state index in [0.29, 0.717) is 0 Å².